The number of fused-ring (bicyclic) bond motifs is 1. The van der Waals surface area contributed by atoms with Gasteiger partial charge in [0.25, 0.3) is 0 Å². The highest BCUT2D eigenvalue weighted by molar-refractivity contribution is 14.1. The minimum Gasteiger partial charge on any atom is -0.507 e. The molecule has 0 atom stereocenters. The normalized spacial score (nSPS) is 11.1. The van der Waals surface area contributed by atoms with E-state index < -0.39 is 0 Å². The molecular formula is C9H5IN4OS. The van der Waals surface area contributed by atoms with Crippen LogP contribution in [0, 0.1) is 3.57 Å². The summed E-state index contributed by atoms with van der Waals surface area (Å²) in [7, 11) is 0. The van der Waals surface area contributed by atoms with Gasteiger partial charge < -0.3 is 5.11 Å². The van der Waals surface area contributed by atoms with E-state index in [0.29, 0.717) is 4.96 Å². The SMILES string of the molecule is Oc1ccc(I)cc1-c1nn2cnnc2s1. The molecule has 0 amide bonds. The first kappa shape index (κ1) is 9.97. The number of hydrogen-bond acceptors (Lipinski definition) is 5. The number of phenols is 1. The molecule has 0 aliphatic heterocycles. The highest BCUT2D eigenvalue weighted by Crippen LogP contribution is 2.32. The van der Waals surface area contributed by atoms with Gasteiger partial charge in [-0.05, 0) is 40.8 Å². The number of halogens is 1. The molecule has 1 aromatic carbocycles. The van der Waals surface area contributed by atoms with Crippen LogP contribution in [-0.4, -0.2) is 24.9 Å². The summed E-state index contributed by atoms with van der Waals surface area (Å²) in [6.45, 7) is 0. The topological polar surface area (TPSA) is 63.3 Å². The summed E-state index contributed by atoms with van der Waals surface area (Å²) in [6.07, 6.45) is 1.54. The third-order valence-corrected chi connectivity index (χ3v) is 3.69. The second kappa shape index (κ2) is 3.67. The third kappa shape index (κ3) is 1.55. The van der Waals surface area contributed by atoms with E-state index in [9.17, 15) is 5.11 Å². The molecule has 2 heterocycles. The molecule has 0 radical (unpaired) electrons. The first-order valence-electron chi connectivity index (χ1n) is 4.40. The Bertz CT molecular complexity index is 634. The van der Waals surface area contributed by atoms with Crippen molar-refractivity contribution in [2.75, 3.05) is 0 Å². The number of benzene rings is 1. The molecule has 5 nitrogen and oxygen atoms in total. The molecule has 7 heteroatoms. The molecule has 80 valence electrons. The van der Waals surface area contributed by atoms with Crippen LogP contribution in [-0.2, 0) is 0 Å². The summed E-state index contributed by atoms with van der Waals surface area (Å²) in [6, 6.07) is 5.40. The Morgan fingerprint density at radius 3 is 3.06 bits per heavy atom. The number of aromatic nitrogens is 4. The average molecular weight is 344 g/mol. The maximum Gasteiger partial charge on any atom is 0.234 e. The highest BCUT2D eigenvalue weighted by atomic mass is 127. The number of phenolic OH excluding ortho intramolecular Hbond substituents is 1. The van der Waals surface area contributed by atoms with E-state index in [1.165, 1.54) is 11.3 Å². The third-order valence-electron chi connectivity index (χ3n) is 2.08. The summed E-state index contributed by atoms with van der Waals surface area (Å²) < 4.78 is 2.65. The number of rotatable bonds is 1. The zero-order valence-corrected chi connectivity index (χ0v) is 10.8. The average Bonchev–Trinajstić information content (AvgIpc) is 2.81. The van der Waals surface area contributed by atoms with Crippen molar-refractivity contribution in [3.63, 3.8) is 0 Å². The van der Waals surface area contributed by atoms with E-state index >= 15 is 0 Å². The Hall–Kier alpha value is -1.22. The van der Waals surface area contributed by atoms with Crippen molar-refractivity contribution in [3.8, 4) is 16.3 Å². The maximum atomic E-state index is 9.77. The summed E-state index contributed by atoms with van der Waals surface area (Å²) in [5, 5.41) is 22.4. The zero-order valence-electron chi connectivity index (χ0n) is 7.83. The van der Waals surface area contributed by atoms with Crippen molar-refractivity contribution in [3.05, 3.63) is 28.1 Å². The standard InChI is InChI=1S/C9H5IN4OS/c10-5-1-2-7(15)6(3-5)8-13-14-4-11-12-9(14)16-8/h1-4,15H. The molecule has 0 spiro atoms. The van der Waals surface area contributed by atoms with Crippen LogP contribution in [0.2, 0.25) is 0 Å². The van der Waals surface area contributed by atoms with E-state index in [2.05, 4.69) is 37.9 Å². The van der Waals surface area contributed by atoms with Crippen LogP contribution in [0.4, 0.5) is 0 Å². The second-order valence-electron chi connectivity index (χ2n) is 3.13. The fourth-order valence-corrected chi connectivity index (χ4v) is 2.68. The smallest absolute Gasteiger partial charge is 0.234 e. The minimum atomic E-state index is 0.227. The molecule has 2 aromatic heterocycles. The fraction of sp³-hybridized carbons (Fsp3) is 0. The maximum absolute atomic E-state index is 9.77. The van der Waals surface area contributed by atoms with E-state index in [1.807, 2.05) is 12.1 Å². The first-order chi connectivity index (χ1) is 7.74. The van der Waals surface area contributed by atoms with Crippen molar-refractivity contribution in [1.82, 2.24) is 19.8 Å². The van der Waals surface area contributed by atoms with Gasteiger partial charge in [-0.25, -0.2) is 0 Å². The van der Waals surface area contributed by atoms with Gasteiger partial charge in [-0.1, -0.05) is 11.3 Å². The van der Waals surface area contributed by atoms with E-state index in [-0.39, 0.29) is 5.75 Å². The largest absolute Gasteiger partial charge is 0.507 e. The van der Waals surface area contributed by atoms with Gasteiger partial charge in [-0.2, -0.15) is 9.61 Å². The lowest BCUT2D eigenvalue weighted by Gasteiger charge is -2.00. The molecule has 0 saturated heterocycles. The molecule has 0 unspecified atom stereocenters. The highest BCUT2D eigenvalue weighted by Gasteiger charge is 2.11. The molecule has 0 fully saturated rings. The molecule has 16 heavy (non-hydrogen) atoms. The zero-order chi connectivity index (χ0) is 11.1. The van der Waals surface area contributed by atoms with E-state index in [0.717, 1.165) is 14.1 Å². The van der Waals surface area contributed by atoms with Crippen molar-refractivity contribution in [2.24, 2.45) is 0 Å². The molecule has 0 bridgehead atoms. The van der Waals surface area contributed by atoms with Gasteiger partial charge in [0.2, 0.25) is 4.96 Å². The van der Waals surface area contributed by atoms with Crippen molar-refractivity contribution in [2.45, 2.75) is 0 Å². The predicted octanol–water partition coefficient (Wildman–Crippen LogP) is 2.16. The lowest BCUT2D eigenvalue weighted by molar-refractivity contribution is 0.477. The summed E-state index contributed by atoms with van der Waals surface area (Å²) in [5.41, 5.74) is 0.724. The van der Waals surface area contributed by atoms with Gasteiger partial charge in [0.1, 0.15) is 12.1 Å². The summed E-state index contributed by atoms with van der Waals surface area (Å²) in [5.74, 6) is 0.227. The molecule has 0 saturated carbocycles. The van der Waals surface area contributed by atoms with Crippen molar-refractivity contribution >= 4 is 38.9 Å². The van der Waals surface area contributed by atoms with Crippen LogP contribution in [0.5, 0.6) is 5.75 Å². The number of hydrogen-bond donors (Lipinski definition) is 1. The van der Waals surface area contributed by atoms with E-state index in [1.54, 1.807) is 16.9 Å². The van der Waals surface area contributed by atoms with Gasteiger partial charge in [0.05, 0.1) is 5.56 Å². The molecule has 1 N–H and O–H groups in total. The lowest BCUT2D eigenvalue weighted by atomic mass is 10.2. The van der Waals surface area contributed by atoms with Crippen molar-refractivity contribution < 1.29 is 5.11 Å². The van der Waals surface area contributed by atoms with Gasteiger partial charge in [-0.15, -0.1) is 10.2 Å². The Labute approximate surface area is 108 Å². The first-order valence-corrected chi connectivity index (χ1v) is 6.29. The van der Waals surface area contributed by atoms with Crippen LogP contribution in [0.25, 0.3) is 15.5 Å². The Morgan fingerprint density at radius 2 is 2.25 bits per heavy atom. The van der Waals surface area contributed by atoms with Gasteiger partial charge in [0, 0.05) is 3.57 Å². The monoisotopic (exact) mass is 344 g/mol. The van der Waals surface area contributed by atoms with Crippen LogP contribution in [0.1, 0.15) is 0 Å². The fourth-order valence-electron chi connectivity index (χ4n) is 1.35. The number of aromatic hydroxyl groups is 1. The van der Waals surface area contributed by atoms with Gasteiger partial charge in [-0.3, -0.25) is 0 Å². The predicted molar refractivity (Wildman–Crippen MR) is 68.5 cm³/mol. The molecule has 0 aliphatic rings. The summed E-state index contributed by atoms with van der Waals surface area (Å²) in [4.78, 5) is 0.716. The molecule has 3 rings (SSSR count). The van der Waals surface area contributed by atoms with Crippen LogP contribution >= 0.6 is 33.9 Å². The van der Waals surface area contributed by atoms with E-state index in [4.69, 9.17) is 0 Å². The molecular weight excluding hydrogens is 339 g/mol. The van der Waals surface area contributed by atoms with Crippen LogP contribution in [0.3, 0.4) is 0 Å². The van der Waals surface area contributed by atoms with Crippen molar-refractivity contribution in [1.29, 1.82) is 0 Å². The molecule has 0 aliphatic carbocycles. The van der Waals surface area contributed by atoms with Crippen LogP contribution < -0.4 is 0 Å². The van der Waals surface area contributed by atoms with Crippen LogP contribution in [0.15, 0.2) is 24.5 Å². The molecule has 3 aromatic rings. The minimum absolute atomic E-state index is 0.227. The number of nitrogens with zero attached hydrogens (tertiary/aromatic N) is 4. The Morgan fingerprint density at radius 1 is 1.38 bits per heavy atom. The quantitative estimate of drug-likeness (QED) is 0.688. The van der Waals surface area contributed by atoms with Gasteiger partial charge >= 0.3 is 0 Å². The lowest BCUT2D eigenvalue weighted by Crippen LogP contribution is -1.84. The Kier molecular flexibility index (Phi) is 2.28. The summed E-state index contributed by atoms with van der Waals surface area (Å²) >= 11 is 3.59. The van der Waals surface area contributed by atoms with Gasteiger partial charge in [0.15, 0.2) is 5.01 Å². The second-order valence-corrected chi connectivity index (χ2v) is 5.33. The Balaban J connectivity index is 2.22.